The van der Waals surface area contributed by atoms with E-state index in [2.05, 4.69) is 11.4 Å². The van der Waals surface area contributed by atoms with Crippen molar-refractivity contribution in [1.29, 1.82) is 0 Å². The molecule has 122 valence electrons. The fraction of sp³-hybridized carbons (Fsp3) is 0.588. The molecule has 0 fully saturated rings. The average Bonchev–Trinajstić information content (AvgIpc) is 2.85. The summed E-state index contributed by atoms with van der Waals surface area (Å²) in [6, 6.07) is 7.97. The van der Waals surface area contributed by atoms with Gasteiger partial charge in [-0.05, 0) is 33.3 Å². The van der Waals surface area contributed by atoms with Gasteiger partial charge in [-0.3, -0.25) is 0 Å². The van der Waals surface area contributed by atoms with E-state index in [9.17, 15) is 9.90 Å². The highest BCUT2D eigenvalue weighted by Gasteiger charge is 2.27. The Labute approximate surface area is 131 Å². The number of para-hydroxylation sites is 1. The Morgan fingerprint density at radius 1 is 1.45 bits per heavy atom. The van der Waals surface area contributed by atoms with Gasteiger partial charge in [0.15, 0.2) is 0 Å². The van der Waals surface area contributed by atoms with E-state index in [-0.39, 0.29) is 18.4 Å². The van der Waals surface area contributed by atoms with Gasteiger partial charge in [0.1, 0.15) is 11.4 Å². The third kappa shape index (κ3) is 4.63. The maximum Gasteiger partial charge on any atom is 0.407 e. The van der Waals surface area contributed by atoms with Crippen molar-refractivity contribution in [2.45, 2.75) is 38.7 Å². The van der Waals surface area contributed by atoms with E-state index in [1.54, 1.807) is 0 Å². The highest BCUT2D eigenvalue weighted by molar-refractivity contribution is 5.67. The summed E-state index contributed by atoms with van der Waals surface area (Å²) in [6.07, 6.45) is 0.317. The van der Waals surface area contributed by atoms with Crippen LogP contribution in [0.5, 0.6) is 5.75 Å². The molecule has 0 saturated heterocycles. The molecule has 1 aliphatic heterocycles. The molecule has 1 aromatic rings. The first-order valence-electron chi connectivity index (χ1n) is 7.68. The Kier molecular flexibility index (Phi) is 5.29. The van der Waals surface area contributed by atoms with Crippen molar-refractivity contribution in [2.24, 2.45) is 5.92 Å². The quantitative estimate of drug-likeness (QED) is 0.877. The minimum absolute atomic E-state index is 0.0210. The second kappa shape index (κ2) is 7.01. The third-order valence-electron chi connectivity index (χ3n) is 3.61. The van der Waals surface area contributed by atoms with Crippen LogP contribution in [0.2, 0.25) is 0 Å². The van der Waals surface area contributed by atoms with Crippen molar-refractivity contribution in [1.82, 2.24) is 5.32 Å². The number of nitrogens with one attached hydrogen (secondary N) is 1. The van der Waals surface area contributed by atoms with E-state index >= 15 is 0 Å². The number of aliphatic hydroxyl groups excluding tert-OH is 1. The number of ether oxygens (including phenoxy) is 2. The summed E-state index contributed by atoms with van der Waals surface area (Å²) in [5.41, 5.74) is 0.662. The molecule has 5 nitrogen and oxygen atoms in total. The lowest BCUT2D eigenvalue weighted by atomic mass is 9.90. The van der Waals surface area contributed by atoms with Crippen LogP contribution in [0.1, 0.15) is 38.7 Å². The fourth-order valence-corrected chi connectivity index (χ4v) is 2.59. The summed E-state index contributed by atoms with van der Waals surface area (Å²) < 4.78 is 10.9. The normalized spacial score (nSPS) is 18.3. The summed E-state index contributed by atoms with van der Waals surface area (Å²) in [5, 5.41) is 12.3. The van der Waals surface area contributed by atoms with Crippen LogP contribution in [-0.2, 0) is 4.74 Å². The van der Waals surface area contributed by atoms with Crippen LogP contribution >= 0.6 is 0 Å². The average molecular weight is 307 g/mol. The highest BCUT2D eigenvalue weighted by Crippen LogP contribution is 2.37. The van der Waals surface area contributed by atoms with Gasteiger partial charge in [-0.15, -0.1) is 0 Å². The number of fused-ring (bicyclic) bond motifs is 1. The molecular weight excluding hydrogens is 282 g/mol. The Balaban J connectivity index is 1.85. The predicted octanol–water partition coefficient (Wildman–Crippen LogP) is 2.69. The summed E-state index contributed by atoms with van der Waals surface area (Å²) in [7, 11) is 0. The third-order valence-corrected chi connectivity index (χ3v) is 3.61. The van der Waals surface area contributed by atoms with Crippen molar-refractivity contribution in [3.8, 4) is 5.75 Å². The second-order valence-electron chi connectivity index (χ2n) is 6.71. The molecule has 1 amide bonds. The van der Waals surface area contributed by atoms with Crippen molar-refractivity contribution < 1.29 is 19.4 Å². The van der Waals surface area contributed by atoms with Crippen molar-refractivity contribution in [2.75, 3.05) is 19.8 Å². The Hall–Kier alpha value is -1.75. The van der Waals surface area contributed by atoms with Crippen LogP contribution in [0.3, 0.4) is 0 Å². The first-order chi connectivity index (χ1) is 10.4. The van der Waals surface area contributed by atoms with Gasteiger partial charge in [-0.2, -0.15) is 0 Å². The molecule has 2 N–H and O–H groups in total. The maximum atomic E-state index is 11.7. The van der Waals surface area contributed by atoms with Gasteiger partial charge >= 0.3 is 6.09 Å². The molecule has 5 heteroatoms. The molecule has 2 rings (SSSR count). The topological polar surface area (TPSA) is 67.8 Å². The molecule has 0 saturated carbocycles. The number of benzene rings is 1. The number of hydrogen-bond donors (Lipinski definition) is 2. The predicted molar refractivity (Wildman–Crippen MR) is 84.1 cm³/mol. The second-order valence-corrected chi connectivity index (χ2v) is 6.71. The number of rotatable bonds is 5. The molecule has 22 heavy (non-hydrogen) atoms. The van der Waals surface area contributed by atoms with Crippen molar-refractivity contribution in [3.63, 3.8) is 0 Å². The molecule has 1 aromatic carbocycles. The Morgan fingerprint density at radius 3 is 2.86 bits per heavy atom. The van der Waals surface area contributed by atoms with E-state index in [1.165, 1.54) is 5.56 Å². The summed E-state index contributed by atoms with van der Waals surface area (Å²) in [4.78, 5) is 11.7. The van der Waals surface area contributed by atoms with Gasteiger partial charge < -0.3 is 19.9 Å². The van der Waals surface area contributed by atoms with Crippen molar-refractivity contribution >= 4 is 6.09 Å². The van der Waals surface area contributed by atoms with Crippen LogP contribution < -0.4 is 10.1 Å². The zero-order valence-electron chi connectivity index (χ0n) is 13.5. The Morgan fingerprint density at radius 2 is 2.18 bits per heavy atom. The SMILES string of the molecule is CC(C)(C)OC(=O)NCC(CO)CC1COc2ccccc21. The van der Waals surface area contributed by atoms with Crippen LogP contribution in [0.25, 0.3) is 0 Å². The first kappa shape index (κ1) is 16.6. The summed E-state index contributed by atoms with van der Waals surface area (Å²) in [5.74, 6) is 1.16. The largest absolute Gasteiger partial charge is 0.493 e. The van der Waals surface area contributed by atoms with Crippen LogP contribution in [0, 0.1) is 5.92 Å². The molecule has 0 aromatic heterocycles. The van der Waals surface area contributed by atoms with E-state index in [4.69, 9.17) is 9.47 Å². The molecule has 0 bridgehead atoms. The molecule has 2 unspecified atom stereocenters. The molecule has 0 aliphatic carbocycles. The number of alkyl carbamates (subject to hydrolysis) is 1. The van der Waals surface area contributed by atoms with Gasteiger partial charge in [-0.1, -0.05) is 18.2 Å². The van der Waals surface area contributed by atoms with Crippen molar-refractivity contribution in [3.05, 3.63) is 29.8 Å². The zero-order valence-corrected chi connectivity index (χ0v) is 13.5. The molecule has 1 aliphatic rings. The van der Waals surface area contributed by atoms with E-state index < -0.39 is 11.7 Å². The van der Waals surface area contributed by atoms with Crippen LogP contribution in [0.4, 0.5) is 4.79 Å². The monoisotopic (exact) mass is 307 g/mol. The lowest BCUT2D eigenvalue weighted by Gasteiger charge is -2.22. The van der Waals surface area contributed by atoms with Gasteiger partial charge in [0, 0.05) is 30.6 Å². The smallest absolute Gasteiger partial charge is 0.407 e. The molecular formula is C17H25NO4. The first-order valence-corrected chi connectivity index (χ1v) is 7.68. The molecule has 2 atom stereocenters. The molecule has 0 radical (unpaired) electrons. The number of hydrogen-bond acceptors (Lipinski definition) is 4. The molecule has 1 heterocycles. The number of aliphatic hydroxyl groups is 1. The van der Waals surface area contributed by atoms with Gasteiger partial charge in [-0.25, -0.2) is 4.79 Å². The fourth-order valence-electron chi connectivity index (χ4n) is 2.59. The maximum absolute atomic E-state index is 11.7. The van der Waals surface area contributed by atoms with Crippen LogP contribution in [0.15, 0.2) is 24.3 Å². The minimum atomic E-state index is -0.517. The summed E-state index contributed by atoms with van der Waals surface area (Å²) >= 11 is 0. The van der Waals surface area contributed by atoms with Gasteiger partial charge in [0.05, 0.1) is 6.61 Å². The lowest BCUT2D eigenvalue weighted by molar-refractivity contribution is 0.0510. The standard InChI is InChI=1S/C17H25NO4/c1-17(2,3)22-16(20)18-9-12(10-19)8-13-11-21-15-7-5-4-6-14(13)15/h4-7,12-13,19H,8-11H2,1-3H3,(H,18,20). The minimum Gasteiger partial charge on any atom is -0.493 e. The molecule has 0 spiro atoms. The number of carbonyl (C=O) groups is 1. The Bertz CT molecular complexity index is 510. The summed E-state index contributed by atoms with van der Waals surface area (Å²) in [6.45, 7) is 6.51. The van der Waals surface area contributed by atoms with Gasteiger partial charge in [0.2, 0.25) is 0 Å². The number of carbonyl (C=O) groups excluding carboxylic acids is 1. The van der Waals surface area contributed by atoms with E-state index in [0.717, 1.165) is 12.2 Å². The van der Waals surface area contributed by atoms with Gasteiger partial charge in [0.25, 0.3) is 0 Å². The van der Waals surface area contributed by atoms with E-state index in [1.807, 2.05) is 39.0 Å². The van der Waals surface area contributed by atoms with Crippen LogP contribution in [-0.4, -0.2) is 36.6 Å². The van der Waals surface area contributed by atoms with E-state index in [0.29, 0.717) is 13.2 Å². The number of amides is 1. The zero-order chi connectivity index (χ0) is 16.2. The lowest BCUT2D eigenvalue weighted by Crippen LogP contribution is -2.36. The highest BCUT2D eigenvalue weighted by atomic mass is 16.6.